The SMILES string of the molecule is CCCCCCCC(CC)(CC)[O][Al]([O]C(CC)(CC)CCCCCCC)[O]C(CC)(CC)CCCCCCC. The molecule has 0 N–H and O–H groups in total. The minimum Gasteiger partial charge on any atom is -0.449 e. The monoisotopic (exact) mass is 583 g/mol. The molecule has 240 valence electrons. The van der Waals surface area contributed by atoms with Crippen LogP contribution in [0.3, 0.4) is 0 Å². The highest BCUT2D eigenvalue weighted by molar-refractivity contribution is 6.37. The zero-order valence-corrected chi connectivity index (χ0v) is 30.4. The Morgan fingerprint density at radius 1 is 0.325 bits per heavy atom. The van der Waals surface area contributed by atoms with Crippen LogP contribution in [0, 0.1) is 0 Å². The van der Waals surface area contributed by atoms with Crippen molar-refractivity contribution in [2.24, 2.45) is 0 Å². The van der Waals surface area contributed by atoms with Crippen molar-refractivity contribution in [2.45, 2.75) is 233 Å². The highest BCUT2D eigenvalue weighted by Crippen LogP contribution is 2.37. The Morgan fingerprint density at radius 2 is 0.550 bits per heavy atom. The molecule has 0 amide bonds. The molecule has 0 aromatic carbocycles. The second-order valence-electron chi connectivity index (χ2n) is 12.8. The molecule has 0 unspecified atom stereocenters. The van der Waals surface area contributed by atoms with Gasteiger partial charge in [-0.3, -0.25) is 0 Å². The van der Waals surface area contributed by atoms with Crippen molar-refractivity contribution in [3.63, 3.8) is 0 Å². The van der Waals surface area contributed by atoms with Crippen LogP contribution in [0.2, 0.25) is 0 Å². The molecule has 0 bridgehead atoms. The second-order valence-corrected chi connectivity index (χ2v) is 14.1. The first-order valence-corrected chi connectivity index (χ1v) is 19.8. The Balaban J connectivity index is 5.92. The minimum absolute atomic E-state index is 0.119. The summed E-state index contributed by atoms with van der Waals surface area (Å²) in [6, 6.07) is 0. The van der Waals surface area contributed by atoms with Crippen molar-refractivity contribution >= 4 is 15.1 Å². The van der Waals surface area contributed by atoms with Gasteiger partial charge in [0.1, 0.15) is 0 Å². The summed E-state index contributed by atoms with van der Waals surface area (Å²) in [7, 11) is 0. The Hall–Kier alpha value is 0.412. The van der Waals surface area contributed by atoms with Gasteiger partial charge in [0.25, 0.3) is 0 Å². The summed E-state index contributed by atoms with van der Waals surface area (Å²) in [6.07, 6.45) is 29.2. The van der Waals surface area contributed by atoms with Gasteiger partial charge in [-0.15, -0.1) is 0 Å². The molecular weight excluding hydrogens is 507 g/mol. The third-order valence-electron chi connectivity index (χ3n) is 10.1. The molecule has 0 saturated carbocycles. The second kappa shape index (κ2) is 24.8. The van der Waals surface area contributed by atoms with Gasteiger partial charge in [0.2, 0.25) is 0 Å². The van der Waals surface area contributed by atoms with Crippen LogP contribution in [-0.2, 0) is 11.4 Å². The number of unbranched alkanes of at least 4 members (excludes halogenated alkanes) is 12. The topological polar surface area (TPSA) is 27.7 Å². The van der Waals surface area contributed by atoms with Crippen molar-refractivity contribution in [1.29, 1.82) is 0 Å². The van der Waals surface area contributed by atoms with E-state index in [9.17, 15) is 0 Å². The first kappa shape index (κ1) is 40.4. The van der Waals surface area contributed by atoms with Crippen LogP contribution in [0.1, 0.15) is 216 Å². The maximum Gasteiger partial charge on any atom is 0.906 e. The first-order valence-electron chi connectivity index (χ1n) is 18.4. The van der Waals surface area contributed by atoms with Crippen LogP contribution in [0.15, 0.2) is 0 Å². The van der Waals surface area contributed by atoms with Crippen molar-refractivity contribution in [3.05, 3.63) is 0 Å². The maximum absolute atomic E-state index is 7.25. The normalized spacial score (nSPS) is 12.8. The molecule has 0 atom stereocenters. The summed E-state index contributed by atoms with van der Waals surface area (Å²) in [6.45, 7) is 20.8. The molecule has 0 heterocycles. The summed E-state index contributed by atoms with van der Waals surface area (Å²) < 4.78 is 21.7. The molecule has 0 aliphatic rings. The molecule has 0 saturated heterocycles. The van der Waals surface area contributed by atoms with Crippen LogP contribution in [0.25, 0.3) is 0 Å². The first-order chi connectivity index (χ1) is 19.3. The number of rotatable bonds is 30. The predicted octanol–water partition coefficient (Wildman–Crippen LogP) is 12.8. The zero-order chi connectivity index (χ0) is 30.2. The van der Waals surface area contributed by atoms with Gasteiger partial charge in [-0.25, -0.2) is 0 Å². The molecule has 0 fully saturated rings. The lowest BCUT2D eigenvalue weighted by Gasteiger charge is -2.43. The quantitative estimate of drug-likeness (QED) is 0.0622. The fourth-order valence-electron chi connectivity index (χ4n) is 6.32. The van der Waals surface area contributed by atoms with Crippen LogP contribution >= 0.6 is 0 Å². The van der Waals surface area contributed by atoms with E-state index in [2.05, 4.69) is 62.3 Å². The molecule has 0 aromatic heterocycles. The maximum atomic E-state index is 7.25. The standard InChI is InChI=1S/3C12H25O.Al/c3*1-4-7-8-9-10-11-12(13,5-2)6-3;/h3*4-11H2,1-3H3;/q3*-1;+3. The van der Waals surface area contributed by atoms with Gasteiger partial charge >= 0.3 is 15.1 Å². The van der Waals surface area contributed by atoms with E-state index in [1.807, 2.05) is 0 Å². The summed E-state index contributed by atoms with van der Waals surface area (Å²) >= 11 is -2.41. The number of hydrogen-bond donors (Lipinski definition) is 0. The van der Waals surface area contributed by atoms with Gasteiger partial charge in [-0.2, -0.15) is 0 Å². The molecule has 3 nitrogen and oxygen atoms in total. The van der Waals surface area contributed by atoms with E-state index in [0.717, 1.165) is 57.8 Å². The van der Waals surface area contributed by atoms with Gasteiger partial charge in [0.15, 0.2) is 0 Å². The zero-order valence-electron chi connectivity index (χ0n) is 29.3. The summed E-state index contributed by atoms with van der Waals surface area (Å²) in [5.74, 6) is 0. The average molecular weight is 583 g/mol. The van der Waals surface area contributed by atoms with Gasteiger partial charge in [-0.1, -0.05) is 159 Å². The summed E-state index contributed by atoms with van der Waals surface area (Å²) in [5.41, 5.74) is -0.358. The van der Waals surface area contributed by atoms with Gasteiger partial charge < -0.3 is 11.4 Å². The van der Waals surface area contributed by atoms with E-state index in [1.54, 1.807) is 0 Å². The lowest BCUT2D eigenvalue weighted by molar-refractivity contribution is -0.104. The third-order valence-corrected chi connectivity index (χ3v) is 12.2. The van der Waals surface area contributed by atoms with Crippen molar-refractivity contribution in [1.82, 2.24) is 0 Å². The van der Waals surface area contributed by atoms with Gasteiger partial charge in [-0.05, 0) is 57.8 Å². The molecule has 0 radical (unpaired) electrons. The van der Waals surface area contributed by atoms with Crippen LogP contribution in [0.4, 0.5) is 0 Å². The van der Waals surface area contributed by atoms with E-state index < -0.39 is 15.1 Å². The van der Waals surface area contributed by atoms with Crippen LogP contribution in [0.5, 0.6) is 0 Å². The Kier molecular flexibility index (Phi) is 25.1. The predicted molar refractivity (Wildman–Crippen MR) is 179 cm³/mol. The molecule has 0 aromatic rings. The fraction of sp³-hybridized carbons (Fsp3) is 1.00. The molecule has 0 aliphatic carbocycles. The van der Waals surface area contributed by atoms with E-state index in [-0.39, 0.29) is 16.8 Å². The molecule has 0 rings (SSSR count). The van der Waals surface area contributed by atoms with E-state index in [1.165, 1.54) is 96.3 Å². The highest BCUT2D eigenvalue weighted by atomic mass is 27.3. The lowest BCUT2D eigenvalue weighted by Crippen LogP contribution is -2.51. The molecule has 4 heteroatoms. The van der Waals surface area contributed by atoms with Crippen LogP contribution in [-0.4, -0.2) is 32.0 Å². The highest BCUT2D eigenvalue weighted by Gasteiger charge is 2.49. The van der Waals surface area contributed by atoms with Gasteiger partial charge in [0.05, 0.1) is 0 Å². The summed E-state index contributed by atoms with van der Waals surface area (Å²) in [5, 5.41) is 0. The average Bonchev–Trinajstić information content (AvgIpc) is 2.98. The number of hydrogen-bond acceptors (Lipinski definition) is 3. The van der Waals surface area contributed by atoms with Gasteiger partial charge in [0, 0.05) is 16.8 Å². The Labute approximate surface area is 259 Å². The van der Waals surface area contributed by atoms with E-state index in [0.29, 0.717) is 0 Å². The fourth-order valence-corrected chi connectivity index (χ4v) is 9.05. The van der Waals surface area contributed by atoms with E-state index >= 15 is 0 Å². The molecule has 0 aliphatic heterocycles. The summed E-state index contributed by atoms with van der Waals surface area (Å²) in [4.78, 5) is 0. The molecule has 40 heavy (non-hydrogen) atoms. The van der Waals surface area contributed by atoms with Crippen molar-refractivity contribution in [3.8, 4) is 0 Å². The molecule has 0 spiro atoms. The lowest BCUT2D eigenvalue weighted by atomic mass is 9.90. The van der Waals surface area contributed by atoms with Crippen molar-refractivity contribution < 1.29 is 11.4 Å². The smallest absolute Gasteiger partial charge is 0.449 e. The van der Waals surface area contributed by atoms with Crippen molar-refractivity contribution in [2.75, 3.05) is 0 Å². The third kappa shape index (κ3) is 16.3. The van der Waals surface area contributed by atoms with Crippen LogP contribution < -0.4 is 0 Å². The Bertz CT molecular complexity index is 464. The van der Waals surface area contributed by atoms with E-state index in [4.69, 9.17) is 11.4 Å². The Morgan fingerprint density at radius 3 is 0.750 bits per heavy atom. The minimum atomic E-state index is -2.41. The largest absolute Gasteiger partial charge is 0.906 e. The molecular formula is C36H75AlO3.